The molecule has 0 aliphatic carbocycles. The van der Waals surface area contributed by atoms with Crippen LogP contribution in [0.1, 0.15) is 27.4 Å². The first-order chi connectivity index (χ1) is 13.6. The molecule has 0 bridgehead atoms. The minimum atomic E-state index is -0.628. The lowest BCUT2D eigenvalue weighted by Gasteiger charge is -2.19. The second-order valence-corrected chi connectivity index (χ2v) is 6.87. The van der Waals surface area contributed by atoms with Gasteiger partial charge >= 0.3 is 0 Å². The number of carbonyl (C=O) groups excluding carboxylic acids is 1. The van der Waals surface area contributed by atoms with Crippen molar-refractivity contribution >= 4 is 17.5 Å². The van der Waals surface area contributed by atoms with Crippen LogP contribution < -0.4 is 10.1 Å². The normalized spacial score (nSPS) is 11.7. The molecule has 3 aromatic carbocycles. The molecule has 1 unspecified atom stereocenters. The average Bonchev–Trinajstić information content (AvgIpc) is 2.72. The van der Waals surface area contributed by atoms with Gasteiger partial charge in [-0.2, -0.15) is 0 Å². The minimum Gasteiger partial charge on any atom is -0.497 e. The average molecular weight is 398 g/mol. The molecule has 3 nitrogen and oxygen atoms in total. The number of carbonyl (C=O) groups is 1. The van der Waals surface area contributed by atoms with Gasteiger partial charge in [-0.3, -0.25) is 4.79 Å². The molecule has 0 saturated carbocycles. The summed E-state index contributed by atoms with van der Waals surface area (Å²) in [5.41, 5.74) is 2.09. The van der Waals surface area contributed by atoms with Gasteiger partial charge in [-0.1, -0.05) is 60.1 Å². The van der Waals surface area contributed by atoms with E-state index in [9.17, 15) is 9.18 Å². The van der Waals surface area contributed by atoms with Crippen molar-refractivity contribution in [2.24, 2.45) is 0 Å². The number of amides is 1. The lowest BCUT2D eigenvalue weighted by atomic mass is 9.91. The van der Waals surface area contributed by atoms with Gasteiger partial charge in [0.05, 0.1) is 17.7 Å². The smallest absolute Gasteiger partial charge is 0.255 e. The molecule has 0 radical (unpaired) electrons. The van der Waals surface area contributed by atoms with Crippen LogP contribution in [0, 0.1) is 5.82 Å². The lowest BCUT2D eigenvalue weighted by molar-refractivity contribution is 0.0947. The van der Waals surface area contributed by atoms with Crippen LogP contribution in [-0.4, -0.2) is 19.6 Å². The first-order valence-electron chi connectivity index (χ1n) is 8.98. The van der Waals surface area contributed by atoms with Crippen LogP contribution in [-0.2, 0) is 6.42 Å². The minimum absolute atomic E-state index is 0.0316. The molecule has 0 saturated heterocycles. The van der Waals surface area contributed by atoms with Gasteiger partial charge in [-0.25, -0.2) is 4.39 Å². The van der Waals surface area contributed by atoms with Gasteiger partial charge in [-0.05, 0) is 41.8 Å². The van der Waals surface area contributed by atoms with E-state index in [0.717, 1.165) is 23.3 Å². The second-order valence-electron chi connectivity index (χ2n) is 6.47. The van der Waals surface area contributed by atoms with Gasteiger partial charge in [0.25, 0.3) is 5.91 Å². The highest BCUT2D eigenvalue weighted by Gasteiger charge is 2.18. The van der Waals surface area contributed by atoms with E-state index in [4.69, 9.17) is 16.3 Å². The van der Waals surface area contributed by atoms with Crippen LogP contribution >= 0.6 is 11.6 Å². The number of halogens is 2. The van der Waals surface area contributed by atoms with Crippen molar-refractivity contribution in [3.63, 3.8) is 0 Å². The highest BCUT2D eigenvalue weighted by atomic mass is 35.5. The van der Waals surface area contributed by atoms with E-state index in [1.54, 1.807) is 7.11 Å². The van der Waals surface area contributed by atoms with Crippen molar-refractivity contribution in [2.75, 3.05) is 13.7 Å². The number of nitrogens with one attached hydrogen (secondary N) is 1. The second kappa shape index (κ2) is 9.38. The van der Waals surface area contributed by atoms with E-state index in [1.807, 2.05) is 54.6 Å². The Morgan fingerprint density at radius 2 is 1.75 bits per heavy atom. The molecule has 3 aromatic rings. The Hall–Kier alpha value is -2.85. The number of rotatable bonds is 7. The van der Waals surface area contributed by atoms with Crippen molar-refractivity contribution in [1.29, 1.82) is 0 Å². The van der Waals surface area contributed by atoms with Crippen LogP contribution in [0.15, 0.2) is 72.8 Å². The Labute approximate surface area is 169 Å². The summed E-state index contributed by atoms with van der Waals surface area (Å²) < 4.78 is 19.2. The molecular formula is C23H21ClFNO2. The monoisotopic (exact) mass is 397 g/mol. The SMILES string of the molecule is COc1ccc(CC(CNC(=O)c2c(F)cccc2Cl)c2ccccc2)cc1. The third-order valence-corrected chi connectivity index (χ3v) is 4.93. The van der Waals surface area contributed by atoms with Gasteiger partial charge in [0.2, 0.25) is 0 Å². The zero-order valence-electron chi connectivity index (χ0n) is 15.5. The summed E-state index contributed by atoms with van der Waals surface area (Å²) in [6.07, 6.45) is 0.722. The summed E-state index contributed by atoms with van der Waals surface area (Å²) in [6.45, 7) is 0.361. The molecule has 0 heterocycles. The van der Waals surface area contributed by atoms with Gasteiger partial charge in [-0.15, -0.1) is 0 Å². The van der Waals surface area contributed by atoms with E-state index in [0.29, 0.717) is 6.54 Å². The Kier molecular flexibility index (Phi) is 6.66. The fourth-order valence-electron chi connectivity index (χ4n) is 3.10. The maximum Gasteiger partial charge on any atom is 0.255 e. The fraction of sp³-hybridized carbons (Fsp3) is 0.174. The maximum atomic E-state index is 14.0. The molecule has 144 valence electrons. The number of methoxy groups -OCH3 is 1. The maximum absolute atomic E-state index is 14.0. The Morgan fingerprint density at radius 3 is 2.39 bits per heavy atom. The number of hydrogen-bond donors (Lipinski definition) is 1. The van der Waals surface area contributed by atoms with E-state index < -0.39 is 11.7 Å². The largest absolute Gasteiger partial charge is 0.497 e. The van der Waals surface area contributed by atoms with Crippen LogP contribution in [0.5, 0.6) is 5.75 Å². The topological polar surface area (TPSA) is 38.3 Å². The van der Waals surface area contributed by atoms with Gasteiger partial charge in [0.15, 0.2) is 0 Å². The van der Waals surface area contributed by atoms with Crippen molar-refractivity contribution < 1.29 is 13.9 Å². The highest BCUT2D eigenvalue weighted by Crippen LogP contribution is 2.23. The van der Waals surface area contributed by atoms with Crippen molar-refractivity contribution in [3.8, 4) is 5.75 Å². The van der Waals surface area contributed by atoms with Crippen LogP contribution in [0.25, 0.3) is 0 Å². The molecule has 3 rings (SSSR count). The summed E-state index contributed by atoms with van der Waals surface area (Å²) in [6, 6.07) is 22.0. The fourth-order valence-corrected chi connectivity index (χ4v) is 3.35. The third-order valence-electron chi connectivity index (χ3n) is 4.61. The van der Waals surface area contributed by atoms with E-state index in [-0.39, 0.29) is 16.5 Å². The molecule has 0 aliphatic heterocycles. The van der Waals surface area contributed by atoms with Gasteiger partial charge in [0, 0.05) is 12.5 Å². The molecule has 0 aromatic heterocycles. The zero-order chi connectivity index (χ0) is 19.9. The molecular weight excluding hydrogens is 377 g/mol. The van der Waals surface area contributed by atoms with Crippen molar-refractivity contribution in [1.82, 2.24) is 5.32 Å². The molecule has 1 atom stereocenters. The summed E-state index contributed by atoms with van der Waals surface area (Å²) in [5, 5.41) is 2.93. The first-order valence-corrected chi connectivity index (χ1v) is 9.36. The summed E-state index contributed by atoms with van der Waals surface area (Å²) in [4.78, 5) is 12.5. The molecule has 0 aliphatic rings. The molecule has 5 heteroatoms. The number of benzene rings is 3. The quantitative estimate of drug-likeness (QED) is 0.591. The molecule has 28 heavy (non-hydrogen) atoms. The Morgan fingerprint density at radius 1 is 1.04 bits per heavy atom. The van der Waals surface area contributed by atoms with Gasteiger partial charge in [0.1, 0.15) is 11.6 Å². The molecule has 0 fully saturated rings. The Bertz CT molecular complexity index is 909. The third kappa shape index (κ3) is 4.90. The van der Waals surface area contributed by atoms with Crippen LogP contribution in [0.2, 0.25) is 5.02 Å². The van der Waals surface area contributed by atoms with E-state index >= 15 is 0 Å². The standard InChI is InChI=1S/C23H21ClFNO2/c1-28-19-12-10-16(11-13-19)14-18(17-6-3-2-4-7-17)15-26-23(27)22-20(24)8-5-9-21(22)25/h2-13,18H,14-15H2,1H3,(H,26,27). The van der Waals surface area contributed by atoms with E-state index in [1.165, 1.54) is 18.2 Å². The summed E-state index contributed by atoms with van der Waals surface area (Å²) in [5.74, 6) is -0.318. The summed E-state index contributed by atoms with van der Waals surface area (Å²) in [7, 11) is 1.63. The van der Waals surface area contributed by atoms with E-state index in [2.05, 4.69) is 5.32 Å². The highest BCUT2D eigenvalue weighted by molar-refractivity contribution is 6.33. The first kappa shape index (κ1) is 19.9. The molecule has 1 amide bonds. The predicted octanol–water partition coefficient (Wildman–Crippen LogP) is 5.24. The number of ether oxygens (including phenoxy) is 1. The van der Waals surface area contributed by atoms with Crippen LogP contribution in [0.3, 0.4) is 0 Å². The molecule has 0 spiro atoms. The zero-order valence-corrected chi connectivity index (χ0v) is 16.2. The summed E-state index contributed by atoms with van der Waals surface area (Å²) >= 11 is 6.00. The Balaban J connectivity index is 1.76. The van der Waals surface area contributed by atoms with Crippen LogP contribution in [0.4, 0.5) is 4.39 Å². The van der Waals surface area contributed by atoms with Crippen molar-refractivity contribution in [3.05, 3.63) is 100 Å². The van der Waals surface area contributed by atoms with Gasteiger partial charge < -0.3 is 10.1 Å². The number of hydrogen-bond acceptors (Lipinski definition) is 2. The van der Waals surface area contributed by atoms with Crippen molar-refractivity contribution in [2.45, 2.75) is 12.3 Å². The lowest BCUT2D eigenvalue weighted by Crippen LogP contribution is -2.30. The predicted molar refractivity (Wildman–Crippen MR) is 110 cm³/mol. The molecule has 1 N–H and O–H groups in total.